The van der Waals surface area contributed by atoms with E-state index in [1.165, 1.54) is 0 Å². The van der Waals surface area contributed by atoms with Gasteiger partial charge in [0, 0.05) is 6.42 Å². The van der Waals surface area contributed by atoms with Crippen LogP contribution in [0.5, 0.6) is 5.75 Å². The molecule has 3 nitrogen and oxygen atoms in total. The van der Waals surface area contributed by atoms with Crippen LogP contribution in [0.2, 0.25) is 0 Å². The topological polar surface area (TPSA) is 38.8 Å². The van der Waals surface area contributed by atoms with Crippen LogP contribution >= 0.6 is 0 Å². The number of para-hydroxylation sites is 1. The van der Waals surface area contributed by atoms with E-state index in [0.717, 1.165) is 19.3 Å². The summed E-state index contributed by atoms with van der Waals surface area (Å²) in [6.45, 7) is 1.45. The summed E-state index contributed by atoms with van der Waals surface area (Å²) in [6, 6.07) is 7.23. The highest BCUT2D eigenvalue weighted by Crippen LogP contribution is 2.18. The first kappa shape index (κ1) is 9.21. The van der Waals surface area contributed by atoms with Crippen molar-refractivity contribution < 1.29 is 14.3 Å². The monoisotopic (exact) mass is 192 g/mol. The Morgan fingerprint density at radius 2 is 2.29 bits per heavy atom. The van der Waals surface area contributed by atoms with Gasteiger partial charge in [0.05, 0.1) is 24.9 Å². The molecular weight excluding hydrogens is 180 g/mol. The van der Waals surface area contributed by atoms with Gasteiger partial charge in [-0.25, -0.2) is 0 Å². The van der Waals surface area contributed by atoms with E-state index >= 15 is 0 Å². The minimum Gasteiger partial charge on any atom is -0.493 e. The van der Waals surface area contributed by atoms with Gasteiger partial charge in [0.25, 0.3) is 0 Å². The lowest BCUT2D eigenvalue weighted by atomic mass is 10.2. The standard InChI is InChI=1S/C11H12O3/c12-7-9-3-1-2-4-11(9)13-6-5-10-8-14-10/h1-4,7,10H,5-6,8H2. The molecule has 1 heterocycles. The Morgan fingerprint density at radius 3 is 3.00 bits per heavy atom. The van der Waals surface area contributed by atoms with Crippen LogP contribution in [-0.2, 0) is 4.74 Å². The van der Waals surface area contributed by atoms with Crippen molar-refractivity contribution in [2.45, 2.75) is 12.5 Å². The highest BCUT2D eigenvalue weighted by atomic mass is 16.6. The Hall–Kier alpha value is -1.35. The number of epoxide rings is 1. The largest absolute Gasteiger partial charge is 0.493 e. The van der Waals surface area contributed by atoms with E-state index < -0.39 is 0 Å². The molecule has 0 amide bonds. The average molecular weight is 192 g/mol. The van der Waals surface area contributed by atoms with Crippen molar-refractivity contribution in [3.05, 3.63) is 29.8 Å². The van der Waals surface area contributed by atoms with E-state index in [-0.39, 0.29) is 0 Å². The van der Waals surface area contributed by atoms with Crippen LogP contribution in [0, 0.1) is 0 Å². The van der Waals surface area contributed by atoms with Crippen molar-refractivity contribution in [3.63, 3.8) is 0 Å². The van der Waals surface area contributed by atoms with Gasteiger partial charge in [0.1, 0.15) is 5.75 Å². The Bertz CT molecular complexity index is 318. The maximum absolute atomic E-state index is 10.6. The van der Waals surface area contributed by atoms with Crippen molar-refractivity contribution in [3.8, 4) is 5.75 Å². The van der Waals surface area contributed by atoms with Gasteiger partial charge in [-0.1, -0.05) is 12.1 Å². The van der Waals surface area contributed by atoms with E-state index in [9.17, 15) is 4.79 Å². The summed E-state index contributed by atoms with van der Waals surface area (Å²) in [4.78, 5) is 10.6. The molecular formula is C11H12O3. The smallest absolute Gasteiger partial charge is 0.153 e. The number of carbonyl (C=O) groups is 1. The second-order valence-electron chi connectivity index (χ2n) is 3.25. The van der Waals surface area contributed by atoms with Crippen molar-refractivity contribution in [2.75, 3.05) is 13.2 Å². The van der Waals surface area contributed by atoms with Gasteiger partial charge in [0.15, 0.2) is 6.29 Å². The van der Waals surface area contributed by atoms with Gasteiger partial charge in [-0.05, 0) is 12.1 Å². The summed E-state index contributed by atoms with van der Waals surface area (Å²) in [5.41, 5.74) is 0.601. The van der Waals surface area contributed by atoms with Crippen molar-refractivity contribution in [1.29, 1.82) is 0 Å². The SMILES string of the molecule is O=Cc1ccccc1OCCC1CO1. The first-order chi connectivity index (χ1) is 6.90. The lowest BCUT2D eigenvalue weighted by Gasteiger charge is -2.06. The Kier molecular flexibility index (Phi) is 2.79. The van der Waals surface area contributed by atoms with Crippen LogP contribution in [0.1, 0.15) is 16.8 Å². The molecule has 2 rings (SSSR count). The van der Waals surface area contributed by atoms with Gasteiger partial charge in [-0.3, -0.25) is 4.79 Å². The van der Waals surface area contributed by atoms with Crippen molar-refractivity contribution in [2.24, 2.45) is 0 Å². The van der Waals surface area contributed by atoms with Gasteiger partial charge in [0.2, 0.25) is 0 Å². The van der Waals surface area contributed by atoms with Gasteiger partial charge in [-0.2, -0.15) is 0 Å². The molecule has 1 saturated heterocycles. The zero-order chi connectivity index (χ0) is 9.80. The summed E-state index contributed by atoms with van der Waals surface area (Å²) in [7, 11) is 0. The number of hydrogen-bond acceptors (Lipinski definition) is 3. The fraction of sp³-hybridized carbons (Fsp3) is 0.364. The molecule has 0 aromatic heterocycles. The molecule has 0 bridgehead atoms. The minimum absolute atomic E-state index is 0.374. The summed E-state index contributed by atoms with van der Waals surface area (Å²) in [6.07, 6.45) is 2.08. The molecule has 0 N–H and O–H groups in total. The first-order valence-electron chi connectivity index (χ1n) is 4.69. The molecule has 1 fully saturated rings. The quantitative estimate of drug-likeness (QED) is 0.526. The molecule has 14 heavy (non-hydrogen) atoms. The lowest BCUT2D eigenvalue weighted by Crippen LogP contribution is -2.02. The predicted octanol–water partition coefficient (Wildman–Crippen LogP) is 1.67. The van der Waals surface area contributed by atoms with Crippen LogP contribution in [0.3, 0.4) is 0 Å². The maximum Gasteiger partial charge on any atom is 0.153 e. The van der Waals surface area contributed by atoms with E-state index in [4.69, 9.17) is 9.47 Å². The Labute approximate surface area is 82.6 Å². The van der Waals surface area contributed by atoms with Crippen LogP contribution < -0.4 is 4.74 Å². The molecule has 0 spiro atoms. The van der Waals surface area contributed by atoms with Crippen molar-refractivity contribution >= 4 is 6.29 Å². The minimum atomic E-state index is 0.374. The second-order valence-corrected chi connectivity index (χ2v) is 3.25. The summed E-state index contributed by atoms with van der Waals surface area (Å²) >= 11 is 0. The third-order valence-electron chi connectivity index (χ3n) is 2.15. The van der Waals surface area contributed by atoms with E-state index in [1.807, 2.05) is 12.1 Å². The highest BCUT2D eigenvalue weighted by molar-refractivity contribution is 5.79. The molecule has 3 heteroatoms. The van der Waals surface area contributed by atoms with E-state index in [0.29, 0.717) is 24.0 Å². The maximum atomic E-state index is 10.6. The number of hydrogen-bond donors (Lipinski definition) is 0. The second kappa shape index (κ2) is 4.24. The van der Waals surface area contributed by atoms with E-state index in [2.05, 4.69) is 0 Å². The van der Waals surface area contributed by atoms with Gasteiger partial charge >= 0.3 is 0 Å². The molecule has 1 aromatic carbocycles. The van der Waals surface area contributed by atoms with E-state index in [1.54, 1.807) is 12.1 Å². The zero-order valence-electron chi connectivity index (χ0n) is 7.81. The van der Waals surface area contributed by atoms with Crippen LogP contribution in [0.25, 0.3) is 0 Å². The summed E-state index contributed by atoms with van der Waals surface area (Å²) < 4.78 is 10.5. The summed E-state index contributed by atoms with van der Waals surface area (Å²) in [5, 5.41) is 0. The molecule has 1 aliphatic rings. The normalized spacial score (nSPS) is 19.0. The average Bonchev–Trinajstić information content (AvgIpc) is 3.03. The third-order valence-corrected chi connectivity index (χ3v) is 2.15. The number of benzene rings is 1. The molecule has 1 aromatic rings. The zero-order valence-corrected chi connectivity index (χ0v) is 7.81. The van der Waals surface area contributed by atoms with Crippen LogP contribution in [0.4, 0.5) is 0 Å². The number of aldehydes is 1. The predicted molar refractivity (Wildman–Crippen MR) is 51.7 cm³/mol. The lowest BCUT2D eigenvalue weighted by molar-refractivity contribution is 0.111. The Balaban J connectivity index is 1.89. The molecule has 0 saturated carbocycles. The fourth-order valence-corrected chi connectivity index (χ4v) is 1.24. The van der Waals surface area contributed by atoms with Crippen LogP contribution in [-0.4, -0.2) is 25.6 Å². The molecule has 0 radical (unpaired) electrons. The van der Waals surface area contributed by atoms with Crippen molar-refractivity contribution in [1.82, 2.24) is 0 Å². The molecule has 0 aliphatic carbocycles. The van der Waals surface area contributed by atoms with Crippen LogP contribution in [0.15, 0.2) is 24.3 Å². The third kappa shape index (κ3) is 2.33. The van der Waals surface area contributed by atoms with Gasteiger partial charge in [-0.15, -0.1) is 0 Å². The first-order valence-corrected chi connectivity index (χ1v) is 4.69. The molecule has 1 unspecified atom stereocenters. The molecule has 1 atom stereocenters. The molecule has 74 valence electrons. The fourth-order valence-electron chi connectivity index (χ4n) is 1.24. The summed E-state index contributed by atoms with van der Waals surface area (Å²) in [5.74, 6) is 0.656. The number of carbonyl (C=O) groups excluding carboxylic acids is 1. The molecule has 1 aliphatic heterocycles. The number of ether oxygens (including phenoxy) is 2. The van der Waals surface area contributed by atoms with Gasteiger partial charge < -0.3 is 9.47 Å². The highest BCUT2D eigenvalue weighted by Gasteiger charge is 2.21. The Morgan fingerprint density at radius 1 is 1.50 bits per heavy atom. The number of rotatable bonds is 5.